The molecule has 8 heavy (non-hydrogen) atoms. The molecule has 0 saturated carbocycles. The van der Waals surface area contributed by atoms with E-state index in [1.165, 1.54) is 0 Å². The molecule has 46 valence electrons. The zero-order valence-corrected chi connectivity index (χ0v) is 8.23. The molecule has 1 aromatic rings. The van der Waals surface area contributed by atoms with Gasteiger partial charge in [0, 0.05) is 12.4 Å². The monoisotopic (exact) mass is 193 g/mol. The number of aromatic nitrogens is 1. The average molecular weight is 194 g/mol. The number of pyridine rings is 1. The van der Waals surface area contributed by atoms with Gasteiger partial charge in [0.2, 0.25) is 0 Å². The quantitative estimate of drug-likeness (QED) is 0.541. The topological polar surface area (TPSA) is 12.9 Å². The Bertz CT molecular complexity index is 84.4. The summed E-state index contributed by atoms with van der Waals surface area (Å²) in [6, 6.07) is 5.72. The molecule has 1 atom stereocenters. The molecular formula is C5H9AsClN. The molecule has 0 saturated heterocycles. The minimum atomic E-state index is 0. The molecule has 1 unspecified atom stereocenters. The van der Waals surface area contributed by atoms with Gasteiger partial charge in [-0.15, -0.1) is 12.4 Å². The second-order valence-corrected chi connectivity index (χ2v) is 1.02. The first-order chi connectivity index (χ1) is 3.00. The number of hydrogen-bond acceptors (Lipinski definition) is 1. The largest absolute Gasteiger partial charge is 0.265 e. The van der Waals surface area contributed by atoms with Crippen molar-refractivity contribution in [3.05, 3.63) is 30.6 Å². The minimum Gasteiger partial charge on any atom is -0.265 e. The fraction of sp³-hybridized carbons (Fsp3) is 0. The van der Waals surface area contributed by atoms with Gasteiger partial charge in [0.1, 0.15) is 0 Å². The molecule has 0 aliphatic carbocycles. The van der Waals surface area contributed by atoms with Gasteiger partial charge in [-0.1, -0.05) is 6.07 Å². The minimum absolute atomic E-state index is 0. The van der Waals surface area contributed by atoms with Crippen molar-refractivity contribution in [1.29, 1.82) is 0 Å². The normalized spacial score (nSPS) is 6.00. The third kappa shape index (κ3) is 4.17. The summed E-state index contributed by atoms with van der Waals surface area (Å²) in [4.78, 5) is 3.78. The molecule has 1 rings (SSSR count). The molecule has 3 heteroatoms. The van der Waals surface area contributed by atoms with Crippen LogP contribution in [0.5, 0.6) is 0 Å². The van der Waals surface area contributed by atoms with Gasteiger partial charge in [-0.2, -0.15) is 0 Å². The predicted octanol–water partition coefficient (Wildman–Crippen LogP) is 0.320. The van der Waals surface area contributed by atoms with E-state index in [0.717, 1.165) is 0 Å². The van der Waals surface area contributed by atoms with Crippen molar-refractivity contribution in [2.75, 3.05) is 0 Å². The number of rotatable bonds is 0. The first kappa shape index (κ1) is 10.9. The smallest absolute Gasteiger partial charge is 0.0267 e. The van der Waals surface area contributed by atoms with Crippen molar-refractivity contribution < 1.29 is 0 Å². The van der Waals surface area contributed by atoms with Gasteiger partial charge < -0.3 is 0 Å². The maximum atomic E-state index is 3.78. The van der Waals surface area contributed by atoms with E-state index in [2.05, 4.69) is 4.98 Å². The van der Waals surface area contributed by atoms with E-state index >= 15 is 0 Å². The summed E-state index contributed by atoms with van der Waals surface area (Å²) in [5.41, 5.74) is 0. The maximum absolute atomic E-state index is 3.78. The molecule has 0 fully saturated rings. The van der Waals surface area contributed by atoms with Crippen LogP contribution in [0.2, 0.25) is 0 Å². The van der Waals surface area contributed by atoms with Gasteiger partial charge >= 0.3 is 18.0 Å². The van der Waals surface area contributed by atoms with Crippen molar-refractivity contribution in [2.24, 2.45) is 0 Å². The standard InChI is InChI=1S/C5H5N.AsH3.ClH/c1-2-4-6-5-3-1;;/h1-5H;1H3;1H. The van der Waals surface area contributed by atoms with E-state index in [1.807, 2.05) is 18.2 Å². The van der Waals surface area contributed by atoms with Crippen LogP contribution in [0.3, 0.4) is 0 Å². The van der Waals surface area contributed by atoms with Gasteiger partial charge in [-0.25, -0.2) is 0 Å². The fourth-order valence-corrected chi connectivity index (χ4v) is 0.313. The number of nitrogens with zero attached hydrogens (tertiary/aromatic N) is 1. The molecule has 1 heterocycles. The van der Waals surface area contributed by atoms with Crippen LogP contribution < -0.4 is 0 Å². The average Bonchev–Trinajstić information content (AvgIpc) is 1.72. The molecule has 0 amide bonds. The summed E-state index contributed by atoms with van der Waals surface area (Å²) in [7, 11) is 0. The van der Waals surface area contributed by atoms with Crippen molar-refractivity contribution in [3.8, 4) is 0 Å². The SMILES string of the molecule is Cl.[AsH3].c1ccncc1. The van der Waals surface area contributed by atoms with Crippen molar-refractivity contribution >= 4 is 30.4 Å². The summed E-state index contributed by atoms with van der Waals surface area (Å²) in [6.45, 7) is 0. The molecule has 1 aromatic heterocycles. The zero-order chi connectivity index (χ0) is 4.24. The summed E-state index contributed by atoms with van der Waals surface area (Å²) in [5, 5.41) is 0. The molecule has 0 aliphatic rings. The van der Waals surface area contributed by atoms with E-state index in [9.17, 15) is 0 Å². The first-order valence-electron chi connectivity index (χ1n) is 1.85. The summed E-state index contributed by atoms with van der Waals surface area (Å²) >= 11 is 0. The van der Waals surface area contributed by atoms with Gasteiger partial charge in [0.05, 0.1) is 0 Å². The van der Waals surface area contributed by atoms with Crippen LogP contribution >= 0.6 is 12.4 Å². The van der Waals surface area contributed by atoms with Crippen LogP contribution in [0.4, 0.5) is 0 Å². The second-order valence-electron chi connectivity index (χ2n) is 1.02. The van der Waals surface area contributed by atoms with Crippen molar-refractivity contribution in [1.82, 2.24) is 4.98 Å². The van der Waals surface area contributed by atoms with Crippen molar-refractivity contribution in [3.63, 3.8) is 0 Å². The van der Waals surface area contributed by atoms with Gasteiger partial charge in [0.25, 0.3) is 0 Å². The van der Waals surface area contributed by atoms with E-state index in [0.29, 0.717) is 0 Å². The second kappa shape index (κ2) is 7.00. The Kier molecular flexibility index (Phi) is 9.52. The van der Waals surface area contributed by atoms with E-state index in [1.54, 1.807) is 12.4 Å². The summed E-state index contributed by atoms with van der Waals surface area (Å²) < 4.78 is 0. The summed E-state index contributed by atoms with van der Waals surface area (Å²) in [6.07, 6.45) is 3.50. The summed E-state index contributed by atoms with van der Waals surface area (Å²) in [5.74, 6) is 0. The van der Waals surface area contributed by atoms with Gasteiger partial charge in [0.15, 0.2) is 0 Å². The van der Waals surface area contributed by atoms with Crippen LogP contribution in [0.15, 0.2) is 30.6 Å². The van der Waals surface area contributed by atoms with Gasteiger partial charge in [-0.05, 0) is 12.1 Å². The Hall–Kier alpha value is -0.00156. The van der Waals surface area contributed by atoms with Crippen LogP contribution in [0, 0.1) is 0 Å². The van der Waals surface area contributed by atoms with Crippen LogP contribution in [-0.4, -0.2) is 22.9 Å². The zero-order valence-electron chi connectivity index (χ0n) is 4.45. The molecule has 0 spiro atoms. The van der Waals surface area contributed by atoms with Crippen molar-refractivity contribution in [2.45, 2.75) is 0 Å². The molecular weight excluding hydrogens is 184 g/mol. The predicted molar refractivity (Wildman–Crippen MR) is 41.4 cm³/mol. The molecule has 0 N–H and O–H groups in total. The van der Waals surface area contributed by atoms with E-state index in [-0.39, 0.29) is 30.4 Å². The Labute approximate surface area is 66.2 Å². The van der Waals surface area contributed by atoms with Crippen LogP contribution in [-0.2, 0) is 0 Å². The Morgan fingerprint density at radius 2 is 1.38 bits per heavy atom. The number of hydrogen-bond donors (Lipinski definition) is 0. The maximum Gasteiger partial charge on any atom is 0.0267 e. The first-order valence-corrected chi connectivity index (χ1v) is 1.85. The Morgan fingerprint density at radius 1 is 0.875 bits per heavy atom. The number of halogens is 1. The molecule has 0 bridgehead atoms. The third-order valence-corrected chi connectivity index (χ3v) is 0.566. The molecule has 0 aromatic carbocycles. The third-order valence-electron chi connectivity index (χ3n) is 0.566. The van der Waals surface area contributed by atoms with E-state index in [4.69, 9.17) is 0 Å². The van der Waals surface area contributed by atoms with E-state index < -0.39 is 0 Å². The van der Waals surface area contributed by atoms with Crippen LogP contribution in [0.1, 0.15) is 0 Å². The Morgan fingerprint density at radius 3 is 1.50 bits per heavy atom. The van der Waals surface area contributed by atoms with Crippen LogP contribution in [0.25, 0.3) is 0 Å². The Balaban J connectivity index is 0. The molecule has 0 radical (unpaired) electrons. The van der Waals surface area contributed by atoms with Gasteiger partial charge in [-0.3, -0.25) is 4.98 Å². The molecule has 0 aliphatic heterocycles. The fourth-order valence-electron chi connectivity index (χ4n) is 0.313. The molecule has 1 nitrogen and oxygen atoms in total.